The summed E-state index contributed by atoms with van der Waals surface area (Å²) < 4.78 is 0. The van der Waals surface area contributed by atoms with Crippen molar-refractivity contribution in [1.82, 2.24) is 10.9 Å². The van der Waals surface area contributed by atoms with E-state index in [2.05, 4.69) is 10.9 Å². The summed E-state index contributed by atoms with van der Waals surface area (Å²) in [7, 11) is 0. The van der Waals surface area contributed by atoms with Gasteiger partial charge in [-0.2, -0.15) is 0 Å². The molecule has 2 aromatic rings. The van der Waals surface area contributed by atoms with Crippen molar-refractivity contribution in [2.75, 3.05) is 0 Å². The molecule has 0 aromatic heterocycles. The van der Waals surface area contributed by atoms with Crippen LogP contribution in [0.4, 0.5) is 0 Å². The lowest BCUT2D eigenvalue weighted by Gasteiger charge is -2.16. The van der Waals surface area contributed by atoms with Gasteiger partial charge in [-0.25, -0.2) is 0 Å². The van der Waals surface area contributed by atoms with Crippen LogP contribution in [-0.4, -0.2) is 11.8 Å². The highest BCUT2D eigenvalue weighted by Crippen LogP contribution is 2.22. The fraction of sp³-hybridized carbons (Fsp3) is 0.222. The maximum absolute atomic E-state index is 12.1. The fourth-order valence-electron chi connectivity index (χ4n) is 2.72. The summed E-state index contributed by atoms with van der Waals surface area (Å²) >= 11 is 0. The molecule has 0 unspecified atom stereocenters. The van der Waals surface area contributed by atoms with Crippen molar-refractivity contribution >= 4 is 11.8 Å². The number of aryl methyl sites for hydroxylation is 2. The summed E-state index contributed by atoms with van der Waals surface area (Å²) in [6.07, 6.45) is 4.49. The van der Waals surface area contributed by atoms with Crippen LogP contribution in [0.1, 0.15) is 44.7 Å². The Morgan fingerprint density at radius 2 is 1.36 bits per heavy atom. The van der Waals surface area contributed by atoms with Crippen molar-refractivity contribution in [3.05, 3.63) is 70.8 Å². The minimum Gasteiger partial charge on any atom is -0.267 e. The minimum atomic E-state index is -0.327. The first kappa shape index (κ1) is 14.3. The van der Waals surface area contributed by atoms with Crippen LogP contribution in [0.5, 0.6) is 0 Å². The first-order valence-corrected chi connectivity index (χ1v) is 7.51. The van der Waals surface area contributed by atoms with E-state index in [0.29, 0.717) is 11.1 Å². The molecule has 0 bridgehead atoms. The minimum absolute atomic E-state index is 0.294. The Bertz CT molecular complexity index is 695. The molecule has 0 spiro atoms. The highest BCUT2D eigenvalue weighted by atomic mass is 16.2. The molecule has 0 saturated carbocycles. The fourth-order valence-corrected chi connectivity index (χ4v) is 2.72. The van der Waals surface area contributed by atoms with Crippen LogP contribution in [0.3, 0.4) is 0 Å². The average molecular weight is 294 g/mol. The van der Waals surface area contributed by atoms with Crippen LogP contribution in [0.15, 0.2) is 48.5 Å². The quantitative estimate of drug-likeness (QED) is 0.837. The van der Waals surface area contributed by atoms with Gasteiger partial charge in [-0.1, -0.05) is 24.3 Å². The number of carbonyl (C=O) groups excluding carboxylic acids is 2. The van der Waals surface area contributed by atoms with Gasteiger partial charge in [0.15, 0.2) is 0 Å². The van der Waals surface area contributed by atoms with Crippen LogP contribution in [0.2, 0.25) is 0 Å². The van der Waals surface area contributed by atoms with Gasteiger partial charge >= 0.3 is 0 Å². The molecule has 112 valence electrons. The summed E-state index contributed by atoms with van der Waals surface area (Å²) in [5, 5.41) is 0. The lowest BCUT2D eigenvalue weighted by Crippen LogP contribution is -2.41. The number of amides is 2. The Balaban J connectivity index is 1.64. The zero-order valence-corrected chi connectivity index (χ0v) is 12.3. The first-order valence-electron chi connectivity index (χ1n) is 7.51. The van der Waals surface area contributed by atoms with E-state index in [9.17, 15) is 9.59 Å². The van der Waals surface area contributed by atoms with Gasteiger partial charge in [-0.3, -0.25) is 20.4 Å². The van der Waals surface area contributed by atoms with E-state index in [4.69, 9.17) is 0 Å². The Morgan fingerprint density at radius 1 is 0.727 bits per heavy atom. The van der Waals surface area contributed by atoms with Crippen molar-refractivity contribution in [3.63, 3.8) is 0 Å². The van der Waals surface area contributed by atoms with Crippen LogP contribution >= 0.6 is 0 Å². The third-order valence-corrected chi connectivity index (χ3v) is 3.94. The van der Waals surface area contributed by atoms with Crippen molar-refractivity contribution < 1.29 is 9.59 Å². The number of fused-ring (bicyclic) bond motifs is 1. The summed E-state index contributed by atoms with van der Waals surface area (Å²) in [4.78, 5) is 24.0. The predicted octanol–water partition coefficient (Wildman–Crippen LogP) is 2.64. The molecule has 1 aliphatic rings. The van der Waals surface area contributed by atoms with Gasteiger partial charge in [0.1, 0.15) is 0 Å². The second-order valence-corrected chi connectivity index (χ2v) is 5.46. The molecule has 0 radical (unpaired) electrons. The largest absolute Gasteiger partial charge is 0.269 e. The van der Waals surface area contributed by atoms with Crippen molar-refractivity contribution in [2.24, 2.45) is 0 Å². The molecule has 0 aliphatic heterocycles. The molecule has 0 saturated heterocycles. The topological polar surface area (TPSA) is 58.2 Å². The van der Waals surface area contributed by atoms with E-state index in [0.717, 1.165) is 12.8 Å². The lowest BCUT2D eigenvalue weighted by molar-refractivity contribution is 0.0846. The number of hydrogen-bond donors (Lipinski definition) is 2. The molecule has 0 atom stereocenters. The van der Waals surface area contributed by atoms with E-state index in [-0.39, 0.29) is 11.8 Å². The summed E-state index contributed by atoms with van der Waals surface area (Å²) in [5.41, 5.74) is 8.56. The smallest absolute Gasteiger partial charge is 0.267 e. The van der Waals surface area contributed by atoms with Gasteiger partial charge in [-0.05, 0) is 61.1 Å². The van der Waals surface area contributed by atoms with Gasteiger partial charge in [0, 0.05) is 11.1 Å². The van der Waals surface area contributed by atoms with Crippen molar-refractivity contribution in [1.29, 1.82) is 0 Å². The summed E-state index contributed by atoms with van der Waals surface area (Å²) in [6, 6.07) is 14.5. The third kappa shape index (κ3) is 3.17. The van der Waals surface area contributed by atoms with E-state index in [1.54, 1.807) is 24.3 Å². The van der Waals surface area contributed by atoms with E-state index in [1.807, 2.05) is 24.3 Å². The van der Waals surface area contributed by atoms with Crippen molar-refractivity contribution in [2.45, 2.75) is 25.7 Å². The van der Waals surface area contributed by atoms with Gasteiger partial charge in [0.25, 0.3) is 11.8 Å². The van der Waals surface area contributed by atoms with Crippen LogP contribution in [0.25, 0.3) is 0 Å². The molecule has 3 rings (SSSR count). The molecule has 2 N–H and O–H groups in total. The molecule has 0 heterocycles. The zero-order chi connectivity index (χ0) is 15.4. The van der Waals surface area contributed by atoms with Gasteiger partial charge in [0.05, 0.1) is 0 Å². The molecule has 1 aliphatic carbocycles. The average Bonchev–Trinajstić information content (AvgIpc) is 2.59. The standard InChI is InChI=1S/C18H18N2O2/c21-17(14-7-2-1-3-8-14)19-20-18(22)16-11-10-13-6-4-5-9-15(13)12-16/h1-3,7-8,10-12H,4-6,9H2,(H,19,21)(H,20,22). The highest BCUT2D eigenvalue weighted by molar-refractivity contribution is 5.99. The van der Waals surface area contributed by atoms with Crippen LogP contribution in [-0.2, 0) is 12.8 Å². The van der Waals surface area contributed by atoms with E-state index < -0.39 is 0 Å². The van der Waals surface area contributed by atoms with E-state index >= 15 is 0 Å². The maximum Gasteiger partial charge on any atom is 0.269 e. The van der Waals surface area contributed by atoms with Gasteiger partial charge in [0.2, 0.25) is 0 Å². The Kier molecular flexibility index (Phi) is 4.19. The molecule has 0 fully saturated rings. The zero-order valence-electron chi connectivity index (χ0n) is 12.3. The predicted molar refractivity (Wildman–Crippen MR) is 84.5 cm³/mol. The Hall–Kier alpha value is -2.62. The molecular formula is C18H18N2O2. The van der Waals surface area contributed by atoms with E-state index in [1.165, 1.54) is 24.0 Å². The summed E-state index contributed by atoms with van der Waals surface area (Å²) in [6.45, 7) is 0. The van der Waals surface area contributed by atoms with Crippen molar-refractivity contribution in [3.8, 4) is 0 Å². The number of benzene rings is 2. The normalized spacial score (nSPS) is 13.1. The van der Waals surface area contributed by atoms with Gasteiger partial charge in [-0.15, -0.1) is 0 Å². The summed E-state index contributed by atoms with van der Waals surface area (Å²) in [5.74, 6) is -0.621. The molecule has 2 aromatic carbocycles. The number of carbonyl (C=O) groups is 2. The number of hydrogen-bond acceptors (Lipinski definition) is 2. The number of nitrogens with one attached hydrogen (secondary N) is 2. The Morgan fingerprint density at radius 3 is 2.09 bits per heavy atom. The van der Waals surface area contributed by atoms with Crippen LogP contribution < -0.4 is 10.9 Å². The molecule has 2 amide bonds. The first-order chi connectivity index (χ1) is 10.7. The second kappa shape index (κ2) is 6.43. The molecule has 4 heteroatoms. The molecule has 22 heavy (non-hydrogen) atoms. The number of rotatable bonds is 2. The monoisotopic (exact) mass is 294 g/mol. The van der Waals surface area contributed by atoms with Gasteiger partial charge < -0.3 is 0 Å². The number of hydrazine groups is 1. The maximum atomic E-state index is 12.1. The molecule has 4 nitrogen and oxygen atoms in total. The lowest BCUT2D eigenvalue weighted by atomic mass is 9.90. The third-order valence-electron chi connectivity index (χ3n) is 3.94. The molecular weight excluding hydrogens is 276 g/mol. The second-order valence-electron chi connectivity index (χ2n) is 5.46. The van der Waals surface area contributed by atoms with Crippen LogP contribution in [0, 0.1) is 0 Å². The SMILES string of the molecule is O=C(NNC(=O)c1ccc2c(c1)CCCC2)c1ccccc1. The Labute approximate surface area is 129 Å². The highest BCUT2D eigenvalue weighted by Gasteiger charge is 2.13.